The van der Waals surface area contributed by atoms with Crippen LogP contribution in [0, 0.1) is 0 Å². The van der Waals surface area contributed by atoms with Gasteiger partial charge in [0.15, 0.2) is 0 Å². The number of methoxy groups -OCH3 is 1. The SMILES string of the molecule is COc1ccc(CNC(C)(C)C)c(OCCF)c1. The minimum Gasteiger partial charge on any atom is -0.497 e. The highest BCUT2D eigenvalue weighted by Crippen LogP contribution is 2.25. The first-order valence-corrected chi connectivity index (χ1v) is 6.07. The zero-order chi connectivity index (χ0) is 13.6. The van der Waals surface area contributed by atoms with Crippen molar-refractivity contribution in [3.8, 4) is 11.5 Å². The quantitative estimate of drug-likeness (QED) is 0.847. The molecule has 0 atom stereocenters. The fourth-order valence-corrected chi connectivity index (χ4v) is 1.45. The predicted molar refractivity (Wildman–Crippen MR) is 71.1 cm³/mol. The topological polar surface area (TPSA) is 30.5 Å². The van der Waals surface area contributed by atoms with E-state index in [4.69, 9.17) is 9.47 Å². The maximum Gasteiger partial charge on any atom is 0.127 e. The summed E-state index contributed by atoms with van der Waals surface area (Å²) >= 11 is 0. The lowest BCUT2D eigenvalue weighted by Crippen LogP contribution is -2.35. The van der Waals surface area contributed by atoms with Crippen molar-refractivity contribution in [2.45, 2.75) is 32.9 Å². The Morgan fingerprint density at radius 1 is 1.28 bits per heavy atom. The van der Waals surface area contributed by atoms with Crippen molar-refractivity contribution < 1.29 is 13.9 Å². The first-order valence-electron chi connectivity index (χ1n) is 6.07. The standard InChI is InChI=1S/C14H22FNO2/c1-14(2,3)16-10-11-5-6-12(17-4)9-13(11)18-8-7-15/h5-6,9,16H,7-8,10H2,1-4H3. The highest BCUT2D eigenvalue weighted by molar-refractivity contribution is 5.40. The van der Waals surface area contributed by atoms with Gasteiger partial charge in [-0.2, -0.15) is 0 Å². The van der Waals surface area contributed by atoms with Gasteiger partial charge in [0.2, 0.25) is 0 Å². The number of hydrogen-bond donors (Lipinski definition) is 1. The first kappa shape index (κ1) is 14.8. The fraction of sp³-hybridized carbons (Fsp3) is 0.571. The van der Waals surface area contributed by atoms with Crippen LogP contribution in [-0.4, -0.2) is 25.9 Å². The Balaban J connectivity index is 2.81. The van der Waals surface area contributed by atoms with E-state index in [-0.39, 0.29) is 12.1 Å². The summed E-state index contributed by atoms with van der Waals surface area (Å²) in [5.41, 5.74) is 1.02. The van der Waals surface area contributed by atoms with Gasteiger partial charge in [0.25, 0.3) is 0 Å². The summed E-state index contributed by atoms with van der Waals surface area (Å²) in [6, 6.07) is 5.60. The molecule has 0 heterocycles. The van der Waals surface area contributed by atoms with Crippen molar-refractivity contribution in [1.82, 2.24) is 5.32 Å². The molecule has 4 heteroatoms. The minimum absolute atomic E-state index is 0.0251. The lowest BCUT2D eigenvalue weighted by Gasteiger charge is -2.21. The number of halogens is 1. The van der Waals surface area contributed by atoms with E-state index < -0.39 is 6.67 Å². The summed E-state index contributed by atoms with van der Waals surface area (Å²) in [6.07, 6.45) is 0. The third kappa shape index (κ3) is 4.92. The van der Waals surface area contributed by atoms with Gasteiger partial charge in [-0.25, -0.2) is 4.39 Å². The lowest BCUT2D eigenvalue weighted by molar-refractivity contribution is 0.268. The van der Waals surface area contributed by atoms with Crippen molar-refractivity contribution in [3.05, 3.63) is 23.8 Å². The normalized spacial score (nSPS) is 11.4. The Kier molecular flexibility index (Phi) is 5.41. The van der Waals surface area contributed by atoms with Gasteiger partial charge in [0.05, 0.1) is 7.11 Å². The zero-order valence-electron chi connectivity index (χ0n) is 11.5. The first-order chi connectivity index (χ1) is 8.46. The molecule has 1 N–H and O–H groups in total. The van der Waals surface area contributed by atoms with Crippen molar-refractivity contribution >= 4 is 0 Å². The summed E-state index contributed by atoms with van der Waals surface area (Å²) < 4.78 is 22.7. The van der Waals surface area contributed by atoms with Crippen LogP contribution in [0.5, 0.6) is 11.5 Å². The molecule has 0 fully saturated rings. The molecule has 0 aliphatic carbocycles. The van der Waals surface area contributed by atoms with Crippen molar-refractivity contribution in [2.24, 2.45) is 0 Å². The molecule has 1 aromatic rings. The van der Waals surface area contributed by atoms with Gasteiger partial charge < -0.3 is 14.8 Å². The Morgan fingerprint density at radius 2 is 2.00 bits per heavy atom. The van der Waals surface area contributed by atoms with Crippen LogP contribution >= 0.6 is 0 Å². The second kappa shape index (κ2) is 6.59. The van der Waals surface area contributed by atoms with E-state index in [0.717, 1.165) is 5.56 Å². The molecule has 0 aliphatic heterocycles. The van der Waals surface area contributed by atoms with E-state index >= 15 is 0 Å². The number of alkyl halides is 1. The van der Waals surface area contributed by atoms with Gasteiger partial charge in [0.1, 0.15) is 24.8 Å². The molecule has 0 radical (unpaired) electrons. The summed E-state index contributed by atoms with van der Waals surface area (Å²) in [5, 5.41) is 3.38. The third-order valence-corrected chi connectivity index (χ3v) is 2.42. The van der Waals surface area contributed by atoms with E-state index in [9.17, 15) is 4.39 Å². The molecular weight excluding hydrogens is 233 g/mol. The summed E-state index contributed by atoms with van der Waals surface area (Å²) in [7, 11) is 1.60. The van der Waals surface area contributed by atoms with E-state index in [0.29, 0.717) is 18.0 Å². The van der Waals surface area contributed by atoms with E-state index in [1.165, 1.54) is 0 Å². The Hall–Kier alpha value is -1.29. The second-order valence-electron chi connectivity index (χ2n) is 5.11. The molecule has 18 heavy (non-hydrogen) atoms. The molecule has 0 amide bonds. The highest BCUT2D eigenvalue weighted by atomic mass is 19.1. The Morgan fingerprint density at radius 3 is 2.56 bits per heavy atom. The van der Waals surface area contributed by atoms with Gasteiger partial charge in [-0.15, -0.1) is 0 Å². The Bertz CT molecular complexity index is 375. The van der Waals surface area contributed by atoms with Crippen molar-refractivity contribution in [1.29, 1.82) is 0 Å². The smallest absolute Gasteiger partial charge is 0.127 e. The molecule has 0 aliphatic rings. The molecular formula is C14H22FNO2. The highest BCUT2D eigenvalue weighted by Gasteiger charge is 2.11. The summed E-state index contributed by atoms with van der Waals surface area (Å²) in [5.74, 6) is 1.38. The maximum absolute atomic E-state index is 12.2. The molecule has 1 aromatic carbocycles. The van der Waals surface area contributed by atoms with E-state index in [1.807, 2.05) is 12.1 Å². The molecule has 0 saturated carbocycles. The molecule has 102 valence electrons. The molecule has 0 unspecified atom stereocenters. The fourth-order valence-electron chi connectivity index (χ4n) is 1.45. The molecule has 0 spiro atoms. The van der Waals surface area contributed by atoms with Crippen LogP contribution in [0.2, 0.25) is 0 Å². The van der Waals surface area contributed by atoms with Gasteiger partial charge in [0, 0.05) is 23.7 Å². The molecule has 3 nitrogen and oxygen atoms in total. The van der Waals surface area contributed by atoms with Crippen molar-refractivity contribution in [2.75, 3.05) is 20.4 Å². The van der Waals surface area contributed by atoms with Crippen LogP contribution in [-0.2, 0) is 6.54 Å². The van der Waals surface area contributed by atoms with E-state index in [2.05, 4.69) is 26.1 Å². The number of nitrogens with one attached hydrogen (secondary N) is 1. The zero-order valence-corrected chi connectivity index (χ0v) is 11.5. The molecule has 0 bridgehead atoms. The molecule has 0 aromatic heterocycles. The van der Waals surface area contributed by atoms with Crippen LogP contribution in [0.1, 0.15) is 26.3 Å². The van der Waals surface area contributed by atoms with Crippen LogP contribution in [0.3, 0.4) is 0 Å². The average Bonchev–Trinajstić information content (AvgIpc) is 2.33. The summed E-state index contributed by atoms with van der Waals surface area (Å²) in [4.78, 5) is 0. The predicted octanol–water partition coefficient (Wildman–Crippen LogP) is 2.93. The Labute approximate surface area is 108 Å². The maximum atomic E-state index is 12.2. The monoisotopic (exact) mass is 255 g/mol. The van der Waals surface area contributed by atoms with Gasteiger partial charge in [-0.1, -0.05) is 6.07 Å². The van der Waals surface area contributed by atoms with Crippen LogP contribution in [0.4, 0.5) is 4.39 Å². The van der Waals surface area contributed by atoms with Crippen LogP contribution in [0.25, 0.3) is 0 Å². The third-order valence-electron chi connectivity index (χ3n) is 2.42. The summed E-state index contributed by atoms with van der Waals surface area (Å²) in [6.45, 7) is 6.53. The van der Waals surface area contributed by atoms with Gasteiger partial charge in [-0.3, -0.25) is 0 Å². The van der Waals surface area contributed by atoms with Gasteiger partial charge in [-0.05, 0) is 26.8 Å². The molecule has 1 rings (SSSR count). The van der Waals surface area contributed by atoms with E-state index in [1.54, 1.807) is 13.2 Å². The minimum atomic E-state index is -0.497. The lowest BCUT2D eigenvalue weighted by atomic mass is 10.1. The largest absolute Gasteiger partial charge is 0.497 e. The van der Waals surface area contributed by atoms with Crippen LogP contribution in [0.15, 0.2) is 18.2 Å². The second-order valence-corrected chi connectivity index (χ2v) is 5.11. The average molecular weight is 255 g/mol. The number of rotatable bonds is 6. The molecule has 0 saturated heterocycles. The number of hydrogen-bond acceptors (Lipinski definition) is 3. The van der Waals surface area contributed by atoms with Gasteiger partial charge >= 0.3 is 0 Å². The van der Waals surface area contributed by atoms with Crippen molar-refractivity contribution in [3.63, 3.8) is 0 Å². The van der Waals surface area contributed by atoms with Crippen LogP contribution < -0.4 is 14.8 Å². The number of ether oxygens (including phenoxy) is 2. The number of benzene rings is 1.